The normalized spacial score (nSPS) is 12.3. The third-order valence-electron chi connectivity index (χ3n) is 3.53. The lowest BCUT2D eigenvalue weighted by molar-refractivity contribution is 0.376. The Morgan fingerprint density at radius 3 is 2.52 bits per heavy atom. The van der Waals surface area contributed by atoms with E-state index in [1.54, 1.807) is 13.2 Å². The van der Waals surface area contributed by atoms with Crippen molar-refractivity contribution in [3.05, 3.63) is 53.7 Å². The predicted octanol–water partition coefficient (Wildman–Crippen LogP) is 3.18. The molecule has 0 aliphatic carbocycles. The van der Waals surface area contributed by atoms with Crippen molar-refractivity contribution in [3.8, 4) is 0 Å². The second-order valence-electron chi connectivity index (χ2n) is 6.61. The number of oxazole rings is 1. The van der Waals surface area contributed by atoms with Crippen LogP contribution in [-0.4, -0.2) is 29.9 Å². The number of guanidine groups is 1. The van der Waals surface area contributed by atoms with E-state index in [4.69, 9.17) is 4.42 Å². The molecule has 5 heteroatoms. The van der Waals surface area contributed by atoms with Crippen molar-refractivity contribution in [1.29, 1.82) is 0 Å². The van der Waals surface area contributed by atoms with Gasteiger partial charge in [-0.2, -0.15) is 0 Å². The highest BCUT2D eigenvalue weighted by Gasteiger charge is 2.19. The fourth-order valence-corrected chi connectivity index (χ4v) is 2.21. The van der Waals surface area contributed by atoms with E-state index < -0.39 is 0 Å². The van der Waals surface area contributed by atoms with Gasteiger partial charge < -0.3 is 14.6 Å². The molecule has 0 fully saturated rings. The Hall–Kier alpha value is -2.30. The van der Waals surface area contributed by atoms with Crippen LogP contribution in [-0.2, 0) is 18.5 Å². The lowest BCUT2D eigenvalue weighted by atomic mass is 9.94. The summed E-state index contributed by atoms with van der Waals surface area (Å²) in [5, 5.41) is 3.29. The molecule has 2 rings (SSSR count). The summed E-state index contributed by atoms with van der Waals surface area (Å²) in [5.41, 5.74) is 1.21. The zero-order valence-corrected chi connectivity index (χ0v) is 14.6. The van der Waals surface area contributed by atoms with Crippen LogP contribution in [0.2, 0.25) is 0 Å². The van der Waals surface area contributed by atoms with Crippen molar-refractivity contribution < 1.29 is 4.42 Å². The van der Waals surface area contributed by atoms with Gasteiger partial charge in [0.2, 0.25) is 5.89 Å². The highest BCUT2D eigenvalue weighted by molar-refractivity contribution is 5.79. The minimum Gasteiger partial charge on any atom is -0.443 e. The molecular weight excluding hydrogens is 288 g/mol. The van der Waals surface area contributed by atoms with E-state index in [0.29, 0.717) is 12.4 Å². The summed E-state index contributed by atoms with van der Waals surface area (Å²) < 4.78 is 5.79. The molecule has 5 nitrogen and oxygen atoms in total. The maximum atomic E-state index is 5.79. The number of nitrogens with one attached hydrogen (secondary N) is 1. The molecule has 23 heavy (non-hydrogen) atoms. The zero-order chi connectivity index (χ0) is 16.9. The largest absolute Gasteiger partial charge is 0.443 e. The minimum atomic E-state index is -0.0307. The lowest BCUT2D eigenvalue weighted by Crippen LogP contribution is -2.38. The van der Waals surface area contributed by atoms with Crippen LogP contribution in [0, 0.1) is 0 Å². The molecule has 0 aliphatic rings. The Morgan fingerprint density at radius 2 is 1.96 bits per heavy atom. The van der Waals surface area contributed by atoms with E-state index in [1.807, 2.05) is 25.2 Å². The zero-order valence-electron chi connectivity index (χ0n) is 14.6. The molecular formula is C18H26N4O. The number of aliphatic imine (C=N–C) groups is 1. The first-order valence-corrected chi connectivity index (χ1v) is 7.81. The molecule has 0 aliphatic heterocycles. The Kier molecular flexibility index (Phi) is 5.42. The van der Waals surface area contributed by atoms with Crippen molar-refractivity contribution in [1.82, 2.24) is 15.2 Å². The molecule has 1 heterocycles. The summed E-state index contributed by atoms with van der Waals surface area (Å²) in [6, 6.07) is 10.3. The SMILES string of the molecule is CN=C(NCc1ncc(C(C)(C)C)o1)N(C)Cc1ccccc1. The quantitative estimate of drug-likeness (QED) is 0.695. The van der Waals surface area contributed by atoms with Gasteiger partial charge in [-0.15, -0.1) is 0 Å². The number of hydrogen-bond acceptors (Lipinski definition) is 3. The molecule has 0 atom stereocenters. The van der Waals surface area contributed by atoms with Gasteiger partial charge in [-0.3, -0.25) is 4.99 Å². The first-order valence-electron chi connectivity index (χ1n) is 7.81. The monoisotopic (exact) mass is 314 g/mol. The summed E-state index contributed by atoms with van der Waals surface area (Å²) in [6.45, 7) is 7.63. The Balaban J connectivity index is 1.93. The second kappa shape index (κ2) is 7.31. The van der Waals surface area contributed by atoms with E-state index in [0.717, 1.165) is 18.3 Å². The van der Waals surface area contributed by atoms with Crippen LogP contribution in [0.1, 0.15) is 38.0 Å². The fourth-order valence-electron chi connectivity index (χ4n) is 2.21. The predicted molar refractivity (Wildman–Crippen MR) is 93.3 cm³/mol. The molecule has 0 radical (unpaired) electrons. The van der Waals surface area contributed by atoms with Crippen LogP contribution >= 0.6 is 0 Å². The van der Waals surface area contributed by atoms with Gasteiger partial charge in [0.15, 0.2) is 5.96 Å². The maximum Gasteiger partial charge on any atom is 0.213 e. The number of rotatable bonds is 4. The smallest absolute Gasteiger partial charge is 0.213 e. The van der Waals surface area contributed by atoms with E-state index in [-0.39, 0.29) is 5.41 Å². The van der Waals surface area contributed by atoms with E-state index >= 15 is 0 Å². The highest BCUT2D eigenvalue weighted by atomic mass is 16.4. The van der Waals surface area contributed by atoms with Gasteiger partial charge in [-0.25, -0.2) is 4.98 Å². The average molecular weight is 314 g/mol. The Morgan fingerprint density at radius 1 is 1.26 bits per heavy atom. The maximum absolute atomic E-state index is 5.79. The number of aromatic nitrogens is 1. The third-order valence-corrected chi connectivity index (χ3v) is 3.53. The van der Waals surface area contributed by atoms with Gasteiger partial charge in [0, 0.05) is 26.1 Å². The molecule has 2 aromatic rings. The summed E-state index contributed by atoms with van der Waals surface area (Å²) in [5.74, 6) is 2.37. The summed E-state index contributed by atoms with van der Waals surface area (Å²) >= 11 is 0. The fraction of sp³-hybridized carbons (Fsp3) is 0.444. The van der Waals surface area contributed by atoms with E-state index in [1.165, 1.54) is 5.56 Å². The Bertz CT molecular complexity index is 641. The number of nitrogens with zero attached hydrogens (tertiary/aromatic N) is 3. The minimum absolute atomic E-state index is 0.0307. The summed E-state index contributed by atoms with van der Waals surface area (Å²) in [7, 11) is 3.79. The van der Waals surface area contributed by atoms with Crippen molar-refractivity contribution in [2.75, 3.05) is 14.1 Å². The summed E-state index contributed by atoms with van der Waals surface area (Å²) in [6.07, 6.45) is 1.80. The Labute approximate surface area is 138 Å². The van der Waals surface area contributed by atoms with Crippen molar-refractivity contribution >= 4 is 5.96 Å². The van der Waals surface area contributed by atoms with Crippen LogP contribution in [0.15, 0.2) is 45.9 Å². The van der Waals surface area contributed by atoms with E-state index in [9.17, 15) is 0 Å². The molecule has 124 valence electrons. The van der Waals surface area contributed by atoms with Crippen LogP contribution in [0.4, 0.5) is 0 Å². The van der Waals surface area contributed by atoms with Gasteiger partial charge in [-0.1, -0.05) is 51.1 Å². The average Bonchev–Trinajstić information content (AvgIpc) is 2.98. The summed E-state index contributed by atoms with van der Waals surface area (Å²) in [4.78, 5) is 10.7. The van der Waals surface area contributed by atoms with Crippen LogP contribution < -0.4 is 5.32 Å². The van der Waals surface area contributed by atoms with Crippen molar-refractivity contribution in [2.45, 2.75) is 39.3 Å². The van der Waals surface area contributed by atoms with Gasteiger partial charge in [0.25, 0.3) is 0 Å². The lowest BCUT2D eigenvalue weighted by Gasteiger charge is -2.21. The third kappa shape index (κ3) is 4.84. The van der Waals surface area contributed by atoms with Crippen molar-refractivity contribution in [3.63, 3.8) is 0 Å². The standard InChI is InChI=1S/C18H26N4O/c1-18(2,3)15-11-20-16(23-15)12-21-17(19-4)22(5)13-14-9-7-6-8-10-14/h6-11H,12-13H2,1-5H3,(H,19,21). The second-order valence-corrected chi connectivity index (χ2v) is 6.61. The van der Waals surface area contributed by atoms with Crippen LogP contribution in [0.25, 0.3) is 0 Å². The number of benzene rings is 1. The number of hydrogen-bond donors (Lipinski definition) is 1. The molecule has 1 aromatic carbocycles. The first kappa shape index (κ1) is 17.1. The topological polar surface area (TPSA) is 53.7 Å². The van der Waals surface area contributed by atoms with Crippen LogP contribution in [0.5, 0.6) is 0 Å². The first-order chi connectivity index (χ1) is 10.9. The van der Waals surface area contributed by atoms with Crippen LogP contribution in [0.3, 0.4) is 0 Å². The molecule has 0 saturated heterocycles. The molecule has 0 unspecified atom stereocenters. The van der Waals surface area contributed by atoms with Gasteiger partial charge in [-0.05, 0) is 5.56 Å². The molecule has 0 saturated carbocycles. The molecule has 0 bridgehead atoms. The van der Waals surface area contributed by atoms with Gasteiger partial charge in [0.05, 0.1) is 12.7 Å². The molecule has 1 aromatic heterocycles. The highest BCUT2D eigenvalue weighted by Crippen LogP contribution is 2.22. The molecule has 1 N–H and O–H groups in total. The van der Waals surface area contributed by atoms with Gasteiger partial charge in [0.1, 0.15) is 5.76 Å². The van der Waals surface area contributed by atoms with E-state index in [2.05, 4.69) is 53.1 Å². The molecule has 0 amide bonds. The van der Waals surface area contributed by atoms with Crippen molar-refractivity contribution in [2.24, 2.45) is 4.99 Å². The molecule has 0 spiro atoms. The van der Waals surface area contributed by atoms with Gasteiger partial charge >= 0.3 is 0 Å².